The van der Waals surface area contributed by atoms with Crippen molar-refractivity contribution in [2.24, 2.45) is 5.92 Å². The van der Waals surface area contributed by atoms with Crippen LogP contribution in [0, 0.1) is 5.92 Å². The van der Waals surface area contributed by atoms with Gasteiger partial charge in [0.2, 0.25) is 0 Å². The fraction of sp³-hybridized carbons (Fsp3) is 0.600. The molecule has 0 aliphatic rings. The van der Waals surface area contributed by atoms with Crippen molar-refractivity contribution in [3.05, 3.63) is 23.4 Å². The summed E-state index contributed by atoms with van der Waals surface area (Å²) in [4.78, 5) is 16.6. The van der Waals surface area contributed by atoms with Crippen molar-refractivity contribution in [2.75, 3.05) is 18.9 Å². The topological polar surface area (TPSA) is 54.0 Å². The molecule has 1 heterocycles. The van der Waals surface area contributed by atoms with Crippen LogP contribution in [0.2, 0.25) is 0 Å². The van der Waals surface area contributed by atoms with E-state index in [2.05, 4.69) is 36.4 Å². The minimum absolute atomic E-state index is 0.0171. The van der Waals surface area contributed by atoms with Crippen LogP contribution in [-0.2, 0) is 6.42 Å². The molecule has 0 fully saturated rings. The number of aromatic nitrogens is 1. The molecule has 1 atom stereocenters. The number of nitrogens with one attached hydrogen (secondary N) is 2. The Kier molecular flexibility index (Phi) is 6.33. The summed E-state index contributed by atoms with van der Waals surface area (Å²) in [6.07, 6.45) is 2.98. The third-order valence-electron chi connectivity index (χ3n) is 3.21. The third kappa shape index (κ3) is 4.89. The SMILES string of the molecule is CCCc1cc(C(=O)NCC(C)CC)cc(NC)n1. The van der Waals surface area contributed by atoms with Gasteiger partial charge in [0.05, 0.1) is 0 Å². The molecular formula is C15H25N3O. The van der Waals surface area contributed by atoms with Gasteiger partial charge in [-0.25, -0.2) is 4.98 Å². The van der Waals surface area contributed by atoms with E-state index in [0.29, 0.717) is 11.5 Å². The first-order valence-electron chi connectivity index (χ1n) is 7.07. The first-order chi connectivity index (χ1) is 9.10. The summed E-state index contributed by atoms with van der Waals surface area (Å²) in [5.74, 6) is 1.24. The van der Waals surface area contributed by atoms with Gasteiger partial charge in [-0.15, -0.1) is 0 Å². The molecule has 1 aromatic heterocycles. The number of amides is 1. The summed E-state index contributed by atoms with van der Waals surface area (Å²) in [6.45, 7) is 7.09. The monoisotopic (exact) mass is 263 g/mol. The minimum atomic E-state index is -0.0171. The van der Waals surface area contributed by atoms with E-state index < -0.39 is 0 Å². The molecule has 19 heavy (non-hydrogen) atoms. The van der Waals surface area contributed by atoms with Gasteiger partial charge in [0.25, 0.3) is 5.91 Å². The fourth-order valence-electron chi connectivity index (χ4n) is 1.74. The molecule has 1 aromatic rings. The molecule has 106 valence electrons. The maximum Gasteiger partial charge on any atom is 0.251 e. The number of anilines is 1. The van der Waals surface area contributed by atoms with E-state index in [-0.39, 0.29) is 5.91 Å². The second-order valence-corrected chi connectivity index (χ2v) is 4.96. The number of carbonyl (C=O) groups is 1. The second kappa shape index (κ2) is 7.77. The van der Waals surface area contributed by atoms with Gasteiger partial charge in [-0.05, 0) is 24.5 Å². The van der Waals surface area contributed by atoms with Crippen molar-refractivity contribution in [2.45, 2.75) is 40.0 Å². The zero-order chi connectivity index (χ0) is 14.3. The highest BCUT2D eigenvalue weighted by Gasteiger charge is 2.10. The number of pyridine rings is 1. The molecule has 0 spiro atoms. The molecule has 4 nitrogen and oxygen atoms in total. The first-order valence-corrected chi connectivity index (χ1v) is 7.07. The fourth-order valence-corrected chi connectivity index (χ4v) is 1.74. The van der Waals surface area contributed by atoms with Gasteiger partial charge in [0, 0.05) is 24.8 Å². The second-order valence-electron chi connectivity index (χ2n) is 4.96. The van der Waals surface area contributed by atoms with Crippen molar-refractivity contribution >= 4 is 11.7 Å². The molecule has 0 saturated heterocycles. The largest absolute Gasteiger partial charge is 0.373 e. The van der Waals surface area contributed by atoms with Gasteiger partial charge in [0.15, 0.2) is 0 Å². The van der Waals surface area contributed by atoms with Crippen LogP contribution in [0.5, 0.6) is 0 Å². The molecule has 2 N–H and O–H groups in total. The molecule has 1 rings (SSSR count). The lowest BCUT2D eigenvalue weighted by atomic mass is 10.1. The molecule has 0 saturated carbocycles. The number of aryl methyl sites for hydroxylation is 1. The Morgan fingerprint density at radius 1 is 1.37 bits per heavy atom. The molecule has 1 unspecified atom stereocenters. The molecule has 1 amide bonds. The highest BCUT2D eigenvalue weighted by Crippen LogP contribution is 2.12. The molecule has 0 bridgehead atoms. The summed E-state index contributed by atoms with van der Waals surface area (Å²) in [6, 6.07) is 3.68. The molecule has 0 radical (unpaired) electrons. The number of hydrogen-bond acceptors (Lipinski definition) is 3. The lowest BCUT2D eigenvalue weighted by Gasteiger charge is -2.12. The quantitative estimate of drug-likeness (QED) is 0.795. The Hall–Kier alpha value is -1.58. The van der Waals surface area contributed by atoms with Crippen molar-refractivity contribution in [1.29, 1.82) is 0 Å². The first kappa shape index (κ1) is 15.5. The van der Waals surface area contributed by atoms with Gasteiger partial charge in [-0.3, -0.25) is 4.79 Å². The summed E-state index contributed by atoms with van der Waals surface area (Å²) >= 11 is 0. The van der Waals surface area contributed by atoms with Crippen LogP contribution in [-0.4, -0.2) is 24.5 Å². The van der Waals surface area contributed by atoms with Crippen LogP contribution in [0.25, 0.3) is 0 Å². The Balaban J connectivity index is 2.80. The van der Waals surface area contributed by atoms with Gasteiger partial charge >= 0.3 is 0 Å². The van der Waals surface area contributed by atoms with Crippen LogP contribution in [0.1, 0.15) is 49.7 Å². The van der Waals surface area contributed by atoms with E-state index in [1.165, 1.54) is 0 Å². The van der Waals surface area contributed by atoms with Crippen LogP contribution in [0.4, 0.5) is 5.82 Å². The highest BCUT2D eigenvalue weighted by atomic mass is 16.1. The summed E-state index contributed by atoms with van der Waals surface area (Å²) < 4.78 is 0. The summed E-state index contributed by atoms with van der Waals surface area (Å²) in [5, 5.41) is 5.98. The number of rotatable bonds is 7. The number of hydrogen-bond donors (Lipinski definition) is 2. The Morgan fingerprint density at radius 3 is 2.68 bits per heavy atom. The van der Waals surface area contributed by atoms with E-state index in [0.717, 1.165) is 37.3 Å². The molecule has 0 aliphatic heterocycles. The van der Waals surface area contributed by atoms with Gasteiger partial charge in [0.1, 0.15) is 5.82 Å². The van der Waals surface area contributed by atoms with E-state index in [9.17, 15) is 4.79 Å². The predicted molar refractivity (Wildman–Crippen MR) is 79.6 cm³/mol. The maximum absolute atomic E-state index is 12.1. The van der Waals surface area contributed by atoms with Gasteiger partial charge in [-0.2, -0.15) is 0 Å². The lowest BCUT2D eigenvalue weighted by Crippen LogP contribution is -2.28. The smallest absolute Gasteiger partial charge is 0.251 e. The third-order valence-corrected chi connectivity index (χ3v) is 3.21. The van der Waals surface area contributed by atoms with E-state index >= 15 is 0 Å². The molecule has 4 heteroatoms. The van der Waals surface area contributed by atoms with Crippen LogP contribution in [0.3, 0.4) is 0 Å². The minimum Gasteiger partial charge on any atom is -0.373 e. The van der Waals surface area contributed by atoms with Crippen LogP contribution in [0.15, 0.2) is 12.1 Å². The zero-order valence-electron chi connectivity index (χ0n) is 12.4. The normalized spacial score (nSPS) is 12.0. The van der Waals surface area contributed by atoms with Gasteiger partial charge in [-0.1, -0.05) is 33.6 Å². The van der Waals surface area contributed by atoms with E-state index in [1.807, 2.05) is 13.1 Å². The molecule has 0 aromatic carbocycles. The van der Waals surface area contributed by atoms with Crippen LogP contribution < -0.4 is 10.6 Å². The summed E-state index contributed by atoms with van der Waals surface area (Å²) in [5.41, 5.74) is 1.65. The van der Waals surface area contributed by atoms with Crippen molar-refractivity contribution in [3.63, 3.8) is 0 Å². The Morgan fingerprint density at radius 2 is 2.11 bits per heavy atom. The summed E-state index contributed by atoms with van der Waals surface area (Å²) in [7, 11) is 1.82. The average molecular weight is 263 g/mol. The number of carbonyl (C=O) groups excluding carboxylic acids is 1. The average Bonchev–Trinajstić information content (AvgIpc) is 2.44. The predicted octanol–water partition coefficient (Wildman–Crippen LogP) is 2.85. The van der Waals surface area contributed by atoms with Crippen molar-refractivity contribution in [1.82, 2.24) is 10.3 Å². The zero-order valence-corrected chi connectivity index (χ0v) is 12.4. The highest BCUT2D eigenvalue weighted by molar-refractivity contribution is 5.95. The Labute approximate surface area is 116 Å². The van der Waals surface area contributed by atoms with E-state index in [1.54, 1.807) is 6.07 Å². The maximum atomic E-state index is 12.1. The standard InChI is InChI=1S/C15H25N3O/c1-5-7-13-8-12(9-14(16-4)18-13)15(19)17-10-11(3)6-2/h8-9,11H,5-7,10H2,1-4H3,(H,16,18)(H,17,19). The van der Waals surface area contributed by atoms with Crippen molar-refractivity contribution < 1.29 is 4.79 Å². The number of nitrogens with zero attached hydrogens (tertiary/aromatic N) is 1. The molecule has 0 aliphatic carbocycles. The Bertz CT molecular complexity index is 418. The van der Waals surface area contributed by atoms with Crippen LogP contribution >= 0.6 is 0 Å². The molecular weight excluding hydrogens is 238 g/mol. The lowest BCUT2D eigenvalue weighted by molar-refractivity contribution is 0.0947. The van der Waals surface area contributed by atoms with E-state index in [4.69, 9.17) is 0 Å². The van der Waals surface area contributed by atoms with Gasteiger partial charge < -0.3 is 10.6 Å². The van der Waals surface area contributed by atoms with Crippen molar-refractivity contribution in [3.8, 4) is 0 Å².